The van der Waals surface area contributed by atoms with Crippen LogP contribution in [0.5, 0.6) is 0 Å². The lowest BCUT2D eigenvalue weighted by atomic mass is 10.1. The minimum atomic E-state index is 0.251. The van der Waals surface area contributed by atoms with Crippen molar-refractivity contribution in [2.45, 2.75) is 32.7 Å². The smallest absolute Gasteiger partial charge is 0.275 e. The van der Waals surface area contributed by atoms with Gasteiger partial charge in [0, 0.05) is 25.7 Å². The molecule has 3 rings (SSSR count). The van der Waals surface area contributed by atoms with Gasteiger partial charge >= 0.3 is 0 Å². The van der Waals surface area contributed by atoms with Crippen LogP contribution in [0.25, 0.3) is 0 Å². The molecule has 1 N–H and O–H groups in total. The van der Waals surface area contributed by atoms with E-state index in [1.54, 1.807) is 0 Å². The average molecular weight is 240 g/mol. The fraction of sp³-hybridized carbons (Fsp3) is 0.923. The van der Waals surface area contributed by atoms with E-state index in [0.29, 0.717) is 12.6 Å². The van der Waals surface area contributed by atoms with Crippen LogP contribution in [0, 0.1) is 0 Å². The summed E-state index contributed by atoms with van der Waals surface area (Å²) in [5, 5.41) is 3.14. The zero-order valence-electron chi connectivity index (χ0n) is 11.2. The van der Waals surface area contributed by atoms with E-state index in [9.17, 15) is 4.79 Å². The molecule has 3 saturated heterocycles. The minimum Gasteiger partial charge on any atom is -0.349 e. The predicted octanol–water partition coefficient (Wildman–Crippen LogP) is 0.437. The number of hydrogen-bond acceptors (Lipinski definition) is 2. The van der Waals surface area contributed by atoms with Crippen molar-refractivity contribution in [2.75, 3.05) is 45.8 Å². The molecule has 0 aromatic rings. The van der Waals surface area contributed by atoms with Crippen LogP contribution < -0.4 is 5.32 Å². The third kappa shape index (κ3) is 3.19. The van der Waals surface area contributed by atoms with Crippen molar-refractivity contribution in [1.29, 1.82) is 0 Å². The highest BCUT2D eigenvalue weighted by Gasteiger charge is 2.39. The van der Waals surface area contributed by atoms with E-state index < -0.39 is 0 Å². The van der Waals surface area contributed by atoms with Crippen LogP contribution in [0.15, 0.2) is 0 Å². The number of carbonyl (C=O) groups excluding carboxylic acids is 1. The molecule has 3 fully saturated rings. The van der Waals surface area contributed by atoms with Gasteiger partial charge in [-0.15, -0.1) is 0 Å². The fourth-order valence-corrected chi connectivity index (χ4v) is 3.10. The number of carbonyl (C=O) groups is 1. The summed E-state index contributed by atoms with van der Waals surface area (Å²) in [5.74, 6) is 0.251. The van der Waals surface area contributed by atoms with Crippen LogP contribution in [0.1, 0.15) is 26.7 Å². The van der Waals surface area contributed by atoms with Crippen LogP contribution in [0.3, 0.4) is 0 Å². The van der Waals surface area contributed by atoms with Crippen molar-refractivity contribution in [1.82, 2.24) is 10.2 Å². The molecular weight excluding hydrogens is 214 g/mol. The van der Waals surface area contributed by atoms with Crippen molar-refractivity contribution in [3.05, 3.63) is 0 Å². The first kappa shape index (κ1) is 12.8. The number of nitrogens with zero attached hydrogens (tertiary/aromatic N) is 2. The lowest BCUT2D eigenvalue weighted by molar-refractivity contribution is -0.933. The lowest BCUT2D eigenvalue weighted by Crippen LogP contribution is -2.69. The number of hydrogen-bond donors (Lipinski definition) is 1. The fourth-order valence-electron chi connectivity index (χ4n) is 3.10. The van der Waals surface area contributed by atoms with E-state index in [2.05, 4.69) is 24.1 Å². The number of rotatable bonds is 5. The van der Waals surface area contributed by atoms with Gasteiger partial charge in [-0.05, 0) is 13.3 Å². The third-order valence-corrected chi connectivity index (χ3v) is 4.28. The predicted molar refractivity (Wildman–Crippen MR) is 68.7 cm³/mol. The summed E-state index contributed by atoms with van der Waals surface area (Å²) in [6, 6.07) is 0.330. The van der Waals surface area contributed by atoms with Crippen molar-refractivity contribution in [2.24, 2.45) is 0 Å². The van der Waals surface area contributed by atoms with E-state index in [4.69, 9.17) is 0 Å². The molecule has 0 saturated carbocycles. The van der Waals surface area contributed by atoms with Crippen LogP contribution in [0.2, 0.25) is 0 Å². The van der Waals surface area contributed by atoms with Gasteiger partial charge in [0.05, 0.1) is 19.6 Å². The van der Waals surface area contributed by atoms with Crippen LogP contribution in [-0.2, 0) is 4.79 Å². The van der Waals surface area contributed by atoms with Crippen LogP contribution in [0.4, 0.5) is 0 Å². The normalized spacial score (nSPS) is 33.4. The van der Waals surface area contributed by atoms with E-state index in [1.807, 2.05) is 0 Å². The summed E-state index contributed by atoms with van der Waals surface area (Å²) in [5.41, 5.74) is 0. The van der Waals surface area contributed by atoms with E-state index in [-0.39, 0.29) is 5.91 Å². The topological polar surface area (TPSA) is 32.3 Å². The quantitative estimate of drug-likeness (QED) is 0.707. The highest BCUT2D eigenvalue weighted by molar-refractivity contribution is 5.77. The molecule has 0 aliphatic carbocycles. The Balaban J connectivity index is 1.81. The molecule has 1 amide bonds. The van der Waals surface area contributed by atoms with Gasteiger partial charge in [-0.2, -0.15) is 0 Å². The Morgan fingerprint density at radius 1 is 1.29 bits per heavy atom. The monoisotopic (exact) mass is 240 g/mol. The van der Waals surface area contributed by atoms with Gasteiger partial charge in [-0.25, -0.2) is 0 Å². The second-order valence-electron chi connectivity index (χ2n) is 5.77. The molecule has 0 radical (unpaired) electrons. The molecule has 3 heterocycles. The molecule has 2 bridgehead atoms. The van der Waals surface area contributed by atoms with E-state index in [0.717, 1.165) is 37.0 Å². The van der Waals surface area contributed by atoms with Crippen LogP contribution >= 0.6 is 0 Å². The summed E-state index contributed by atoms with van der Waals surface area (Å²) in [7, 11) is 0. The van der Waals surface area contributed by atoms with E-state index >= 15 is 0 Å². The first-order valence-corrected chi connectivity index (χ1v) is 7.00. The first-order valence-electron chi connectivity index (χ1n) is 7.00. The Bertz CT molecular complexity index is 258. The van der Waals surface area contributed by atoms with Crippen molar-refractivity contribution in [3.63, 3.8) is 0 Å². The number of quaternary nitrogens is 1. The Morgan fingerprint density at radius 2 is 1.88 bits per heavy atom. The van der Waals surface area contributed by atoms with Gasteiger partial charge in [0.2, 0.25) is 0 Å². The molecule has 1 atom stereocenters. The van der Waals surface area contributed by atoms with Crippen molar-refractivity contribution in [3.8, 4) is 0 Å². The van der Waals surface area contributed by atoms with Crippen LogP contribution in [-0.4, -0.2) is 67.1 Å². The van der Waals surface area contributed by atoms with Crippen molar-refractivity contribution < 1.29 is 9.28 Å². The maximum atomic E-state index is 12.0. The van der Waals surface area contributed by atoms with Gasteiger partial charge in [-0.1, -0.05) is 13.3 Å². The van der Waals surface area contributed by atoms with Gasteiger partial charge in [0.15, 0.2) is 6.54 Å². The molecule has 4 heteroatoms. The maximum absolute atomic E-state index is 12.0. The molecule has 3 aliphatic heterocycles. The summed E-state index contributed by atoms with van der Waals surface area (Å²) < 4.78 is 1.03. The third-order valence-electron chi connectivity index (χ3n) is 4.28. The summed E-state index contributed by atoms with van der Waals surface area (Å²) in [6.07, 6.45) is 2.22. The average Bonchev–Trinajstić information content (AvgIpc) is 2.30. The molecule has 17 heavy (non-hydrogen) atoms. The lowest BCUT2D eigenvalue weighted by Gasteiger charge is -2.50. The largest absolute Gasteiger partial charge is 0.349 e. The highest BCUT2D eigenvalue weighted by atomic mass is 16.2. The molecule has 0 unspecified atom stereocenters. The van der Waals surface area contributed by atoms with E-state index in [1.165, 1.54) is 19.6 Å². The number of amides is 1. The first-order chi connectivity index (χ1) is 8.13. The zero-order valence-corrected chi connectivity index (χ0v) is 11.2. The molecule has 4 nitrogen and oxygen atoms in total. The SMILES string of the molecule is CCC[C@H](C)NC(=O)C[N+]12CCN(CC1)CC2. The Kier molecular flexibility index (Phi) is 4.05. The molecule has 0 aromatic carbocycles. The van der Waals surface area contributed by atoms with Gasteiger partial charge in [0.25, 0.3) is 5.91 Å². The van der Waals surface area contributed by atoms with Gasteiger partial charge in [-0.3, -0.25) is 9.69 Å². The number of fused-ring (bicyclic) bond motifs is 3. The summed E-state index contributed by atoms with van der Waals surface area (Å²) in [6.45, 7) is 12.0. The molecule has 0 aromatic heterocycles. The number of nitrogens with one attached hydrogen (secondary N) is 1. The maximum Gasteiger partial charge on any atom is 0.275 e. The van der Waals surface area contributed by atoms with Crippen molar-refractivity contribution >= 4 is 5.91 Å². The summed E-state index contributed by atoms with van der Waals surface area (Å²) >= 11 is 0. The van der Waals surface area contributed by atoms with Gasteiger partial charge in [0.1, 0.15) is 0 Å². The second-order valence-corrected chi connectivity index (χ2v) is 5.77. The van der Waals surface area contributed by atoms with Gasteiger partial charge < -0.3 is 9.80 Å². The Morgan fingerprint density at radius 3 is 2.41 bits per heavy atom. The molecule has 3 aliphatic rings. The molecular formula is C13H26N3O+. The summed E-state index contributed by atoms with van der Waals surface area (Å²) in [4.78, 5) is 14.5. The second kappa shape index (κ2) is 5.36. The standard InChI is InChI=1S/C13H25N3O/c1-3-4-12(2)14-13(17)11-16-8-5-15(6-9-16)7-10-16/h12H,3-11H2,1-2H3/p+1/t12-/m0/s1. The minimum absolute atomic E-state index is 0.251. The number of piperazine rings is 3. The molecule has 98 valence electrons. The molecule has 0 spiro atoms. The Labute approximate surface area is 105 Å². The highest BCUT2D eigenvalue weighted by Crippen LogP contribution is 2.18. The Hall–Kier alpha value is -0.610. The zero-order chi connectivity index (χ0) is 12.3.